The SMILES string of the molecule is Clc1ccc(C2CNCCC2C2CCC2)cc1. The minimum absolute atomic E-state index is 0.700. The Balaban J connectivity index is 1.80. The van der Waals surface area contributed by atoms with Gasteiger partial charge in [0.25, 0.3) is 0 Å². The van der Waals surface area contributed by atoms with Crippen LogP contribution in [0.1, 0.15) is 37.2 Å². The van der Waals surface area contributed by atoms with Crippen molar-refractivity contribution in [1.29, 1.82) is 0 Å². The Morgan fingerprint density at radius 2 is 1.82 bits per heavy atom. The maximum Gasteiger partial charge on any atom is 0.0406 e. The molecule has 3 rings (SSSR count). The molecule has 0 spiro atoms. The standard InChI is InChI=1S/C15H20ClN/c16-13-6-4-12(5-7-13)15-10-17-9-8-14(15)11-2-1-3-11/h4-7,11,14-15,17H,1-3,8-10H2. The zero-order valence-corrected chi connectivity index (χ0v) is 10.9. The molecule has 1 aliphatic carbocycles. The van der Waals surface area contributed by atoms with Crippen LogP contribution in [0.4, 0.5) is 0 Å². The molecule has 1 aromatic carbocycles. The lowest BCUT2D eigenvalue weighted by molar-refractivity contribution is 0.146. The van der Waals surface area contributed by atoms with E-state index in [0.29, 0.717) is 5.92 Å². The highest BCUT2D eigenvalue weighted by atomic mass is 35.5. The molecule has 1 heterocycles. The van der Waals surface area contributed by atoms with Gasteiger partial charge in [0.05, 0.1) is 0 Å². The molecule has 1 aromatic rings. The number of hydrogen-bond donors (Lipinski definition) is 1. The Bertz CT molecular complexity index is 369. The van der Waals surface area contributed by atoms with E-state index < -0.39 is 0 Å². The van der Waals surface area contributed by atoms with E-state index in [9.17, 15) is 0 Å². The third-order valence-electron chi connectivity index (χ3n) is 4.59. The first kappa shape index (κ1) is 11.6. The van der Waals surface area contributed by atoms with Crippen LogP contribution in [0, 0.1) is 11.8 Å². The van der Waals surface area contributed by atoms with Crippen molar-refractivity contribution in [2.75, 3.05) is 13.1 Å². The molecule has 0 aromatic heterocycles. The fourth-order valence-electron chi connectivity index (χ4n) is 3.39. The molecule has 2 unspecified atom stereocenters. The number of nitrogens with one attached hydrogen (secondary N) is 1. The lowest BCUT2D eigenvalue weighted by Gasteiger charge is -2.42. The van der Waals surface area contributed by atoms with Gasteiger partial charge in [-0.15, -0.1) is 0 Å². The molecule has 1 N–H and O–H groups in total. The summed E-state index contributed by atoms with van der Waals surface area (Å²) in [6.07, 6.45) is 5.70. The van der Waals surface area contributed by atoms with E-state index in [0.717, 1.165) is 23.4 Å². The Labute approximate surface area is 109 Å². The van der Waals surface area contributed by atoms with E-state index in [1.54, 1.807) is 0 Å². The fourth-order valence-corrected chi connectivity index (χ4v) is 3.51. The molecule has 2 aliphatic rings. The minimum Gasteiger partial charge on any atom is -0.316 e. The second kappa shape index (κ2) is 4.99. The maximum absolute atomic E-state index is 5.97. The summed E-state index contributed by atoms with van der Waals surface area (Å²) in [7, 11) is 0. The van der Waals surface area contributed by atoms with Gasteiger partial charge in [-0.1, -0.05) is 43.0 Å². The molecule has 1 nitrogen and oxygen atoms in total. The van der Waals surface area contributed by atoms with Crippen molar-refractivity contribution in [3.63, 3.8) is 0 Å². The van der Waals surface area contributed by atoms with Gasteiger partial charge in [0, 0.05) is 11.6 Å². The van der Waals surface area contributed by atoms with Crippen LogP contribution >= 0.6 is 11.6 Å². The molecule has 0 amide bonds. The van der Waals surface area contributed by atoms with Gasteiger partial charge in [-0.25, -0.2) is 0 Å². The van der Waals surface area contributed by atoms with Gasteiger partial charge in [0.1, 0.15) is 0 Å². The number of benzene rings is 1. The second-order valence-corrected chi connectivity index (χ2v) is 5.94. The highest BCUT2D eigenvalue weighted by molar-refractivity contribution is 6.30. The highest BCUT2D eigenvalue weighted by Crippen LogP contribution is 2.43. The minimum atomic E-state index is 0.700. The van der Waals surface area contributed by atoms with Crippen LogP contribution in [0.15, 0.2) is 24.3 Å². The second-order valence-electron chi connectivity index (χ2n) is 5.51. The molecular formula is C15H20ClN. The predicted octanol–water partition coefficient (Wildman–Crippen LogP) is 3.83. The van der Waals surface area contributed by atoms with Gasteiger partial charge in [-0.2, -0.15) is 0 Å². The van der Waals surface area contributed by atoms with E-state index in [1.807, 2.05) is 12.1 Å². The first-order chi connectivity index (χ1) is 8.34. The van der Waals surface area contributed by atoms with Crippen molar-refractivity contribution in [2.24, 2.45) is 11.8 Å². The summed E-state index contributed by atoms with van der Waals surface area (Å²) in [6.45, 7) is 2.34. The summed E-state index contributed by atoms with van der Waals surface area (Å²) in [4.78, 5) is 0. The third kappa shape index (κ3) is 2.36. The van der Waals surface area contributed by atoms with E-state index in [-0.39, 0.29) is 0 Å². The highest BCUT2D eigenvalue weighted by Gasteiger charge is 2.35. The zero-order valence-electron chi connectivity index (χ0n) is 10.2. The Kier molecular flexibility index (Phi) is 3.39. The van der Waals surface area contributed by atoms with Crippen molar-refractivity contribution < 1.29 is 0 Å². The first-order valence-electron chi connectivity index (χ1n) is 6.81. The zero-order chi connectivity index (χ0) is 11.7. The van der Waals surface area contributed by atoms with E-state index in [2.05, 4.69) is 17.4 Å². The van der Waals surface area contributed by atoms with E-state index >= 15 is 0 Å². The van der Waals surface area contributed by atoms with Gasteiger partial charge in [0.15, 0.2) is 0 Å². The van der Waals surface area contributed by atoms with Crippen molar-refractivity contribution in [2.45, 2.75) is 31.6 Å². The number of hydrogen-bond acceptors (Lipinski definition) is 1. The monoisotopic (exact) mass is 249 g/mol. The van der Waals surface area contributed by atoms with Crippen LogP contribution in [-0.4, -0.2) is 13.1 Å². The molecule has 0 radical (unpaired) electrons. The van der Waals surface area contributed by atoms with Crippen LogP contribution < -0.4 is 5.32 Å². The van der Waals surface area contributed by atoms with Gasteiger partial charge in [0.2, 0.25) is 0 Å². The van der Waals surface area contributed by atoms with Crippen molar-refractivity contribution >= 4 is 11.6 Å². The number of halogens is 1. The first-order valence-corrected chi connectivity index (χ1v) is 7.18. The average Bonchev–Trinajstić information content (AvgIpc) is 2.29. The van der Waals surface area contributed by atoms with Crippen LogP contribution in [-0.2, 0) is 0 Å². The Morgan fingerprint density at radius 1 is 1.06 bits per heavy atom. The number of piperidine rings is 1. The van der Waals surface area contributed by atoms with Gasteiger partial charge in [-0.3, -0.25) is 0 Å². The summed E-state index contributed by atoms with van der Waals surface area (Å²) in [5, 5.41) is 4.39. The maximum atomic E-state index is 5.97. The van der Waals surface area contributed by atoms with Gasteiger partial charge in [-0.05, 0) is 48.4 Å². The Morgan fingerprint density at radius 3 is 2.47 bits per heavy atom. The third-order valence-corrected chi connectivity index (χ3v) is 4.84. The fraction of sp³-hybridized carbons (Fsp3) is 0.600. The summed E-state index contributed by atoms with van der Waals surface area (Å²) in [6, 6.07) is 8.49. The number of rotatable bonds is 2. The summed E-state index contributed by atoms with van der Waals surface area (Å²) < 4.78 is 0. The van der Waals surface area contributed by atoms with E-state index in [4.69, 9.17) is 11.6 Å². The van der Waals surface area contributed by atoms with Crippen LogP contribution in [0.3, 0.4) is 0 Å². The summed E-state index contributed by atoms with van der Waals surface area (Å²) >= 11 is 5.97. The molecule has 17 heavy (non-hydrogen) atoms. The molecule has 92 valence electrons. The lowest BCUT2D eigenvalue weighted by Crippen LogP contribution is -2.40. The predicted molar refractivity (Wildman–Crippen MR) is 72.5 cm³/mol. The molecule has 1 saturated carbocycles. The average molecular weight is 250 g/mol. The van der Waals surface area contributed by atoms with Crippen LogP contribution in [0.25, 0.3) is 0 Å². The molecule has 1 aliphatic heterocycles. The normalized spacial score (nSPS) is 29.9. The quantitative estimate of drug-likeness (QED) is 0.840. The molecule has 2 fully saturated rings. The lowest BCUT2D eigenvalue weighted by atomic mass is 9.66. The molecule has 0 bridgehead atoms. The summed E-state index contributed by atoms with van der Waals surface area (Å²) in [5.41, 5.74) is 1.47. The van der Waals surface area contributed by atoms with Gasteiger partial charge < -0.3 is 5.32 Å². The van der Waals surface area contributed by atoms with Crippen LogP contribution in [0.5, 0.6) is 0 Å². The molecule has 1 saturated heterocycles. The molecule has 2 atom stereocenters. The van der Waals surface area contributed by atoms with Crippen LogP contribution in [0.2, 0.25) is 5.02 Å². The van der Waals surface area contributed by atoms with Crippen molar-refractivity contribution in [3.05, 3.63) is 34.9 Å². The topological polar surface area (TPSA) is 12.0 Å². The summed E-state index contributed by atoms with van der Waals surface area (Å²) in [5.74, 6) is 2.58. The van der Waals surface area contributed by atoms with Gasteiger partial charge >= 0.3 is 0 Å². The Hall–Kier alpha value is -0.530. The molecule has 2 heteroatoms. The molecular weight excluding hydrogens is 230 g/mol. The van der Waals surface area contributed by atoms with E-state index in [1.165, 1.54) is 37.8 Å². The smallest absolute Gasteiger partial charge is 0.0406 e. The largest absolute Gasteiger partial charge is 0.316 e. The van der Waals surface area contributed by atoms with Crippen molar-refractivity contribution in [1.82, 2.24) is 5.32 Å². The van der Waals surface area contributed by atoms with Crippen molar-refractivity contribution in [3.8, 4) is 0 Å².